The van der Waals surface area contributed by atoms with Gasteiger partial charge in [-0.15, -0.1) is 0 Å². The number of carbonyl (C=O) groups excluding carboxylic acids is 2. The van der Waals surface area contributed by atoms with Gasteiger partial charge in [0.1, 0.15) is 5.54 Å². The standard InChI is InChI=1S/C15H27N3O3/c1-2-15(6-4-3-5-13(19)17-15)14(20)16-7-8-18-9-11-21-12-10-18/h2-12H2,1H3,(H,16,20)(H,17,19). The van der Waals surface area contributed by atoms with Crippen LogP contribution >= 0.6 is 0 Å². The zero-order valence-corrected chi connectivity index (χ0v) is 13.0. The first-order valence-electron chi connectivity index (χ1n) is 8.06. The molecule has 0 aromatic rings. The largest absolute Gasteiger partial charge is 0.379 e. The lowest BCUT2D eigenvalue weighted by atomic mass is 9.89. The molecule has 2 saturated heterocycles. The van der Waals surface area contributed by atoms with E-state index in [0.29, 0.717) is 19.4 Å². The molecule has 120 valence electrons. The summed E-state index contributed by atoms with van der Waals surface area (Å²) in [6.45, 7) is 6.80. The Bertz CT molecular complexity index is 369. The molecule has 2 N–H and O–H groups in total. The molecule has 2 aliphatic rings. The smallest absolute Gasteiger partial charge is 0.245 e. The van der Waals surface area contributed by atoms with Crippen LogP contribution in [0.25, 0.3) is 0 Å². The summed E-state index contributed by atoms with van der Waals surface area (Å²) in [7, 11) is 0. The topological polar surface area (TPSA) is 70.7 Å². The number of ether oxygens (including phenoxy) is 1. The molecule has 0 aliphatic carbocycles. The maximum absolute atomic E-state index is 12.5. The third-order valence-electron chi connectivity index (χ3n) is 4.49. The lowest BCUT2D eigenvalue weighted by Gasteiger charge is -2.32. The predicted molar refractivity (Wildman–Crippen MR) is 79.9 cm³/mol. The van der Waals surface area contributed by atoms with Crippen LogP contribution in [0.4, 0.5) is 0 Å². The zero-order valence-electron chi connectivity index (χ0n) is 13.0. The first kappa shape index (κ1) is 16.2. The van der Waals surface area contributed by atoms with Crippen LogP contribution in [0.2, 0.25) is 0 Å². The van der Waals surface area contributed by atoms with Crippen molar-refractivity contribution in [2.75, 3.05) is 39.4 Å². The molecule has 21 heavy (non-hydrogen) atoms. The highest BCUT2D eigenvalue weighted by molar-refractivity contribution is 5.91. The number of amides is 2. The first-order chi connectivity index (χ1) is 10.2. The summed E-state index contributed by atoms with van der Waals surface area (Å²) in [6, 6.07) is 0. The molecule has 2 amide bonds. The van der Waals surface area contributed by atoms with Gasteiger partial charge >= 0.3 is 0 Å². The highest BCUT2D eigenvalue weighted by Crippen LogP contribution is 2.23. The summed E-state index contributed by atoms with van der Waals surface area (Å²) in [5, 5.41) is 5.95. The number of hydrogen-bond acceptors (Lipinski definition) is 4. The van der Waals surface area contributed by atoms with Gasteiger partial charge < -0.3 is 15.4 Å². The monoisotopic (exact) mass is 297 g/mol. The van der Waals surface area contributed by atoms with Crippen molar-refractivity contribution in [3.8, 4) is 0 Å². The predicted octanol–water partition coefficient (Wildman–Crippen LogP) is 0.274. The van der Waals surface area contributed by atoms with E-state index >= 15 is 0 Å². The lowest BCUT2D eigenvalue weighted by molar-refractivity contribution is -0.133. The fraction of sp³-hybridized carbons (Fsp3) is 0.867. The van der Waals surface area contributed by atoms with Gasteiger partial charge in [-0.1, -0.05) is 13.3 Å². The Hall–Kier alpha value is -1.14. The summed E-state index contributed by atoms with van der Waals surface area (Å²) >= 11 is 0. The number of rotatable bonds is 5. The average molecular weight is 297 g/mol. The van der Waals surface area contributed by atoms with Gasteiger partial charge in [-0.05, 0) is 19.3 Å². The minimum absolute atomic E-state index is 0.00215. The number of hydrogen-bond donors (Lipinski definition) is 2. The minimum Gasteiger partial charge on any atom is -0.379 e. The van der Waals surface area contributed by atoms with Gasteiger partial charge in [0.05, 0.1) is 13.2 Å². The molecule has 0 spiro atoms. The van der Waals surface area contributed by atoms with E-state index in [1.165, 1.54) is 0 Å². The molecule has 2 heterocycles. The third-order valence-corrected chi connectivity index (χ3v) is 4.49. The molecule has 0 aromatic carbocycles. The van der Waals surface area contributed by atoms with Gasteiger partial charge in [-0.2, -0.15) is 0 Å². The summed E-state index contributed by atoms with van der Waals surface area (Å²) in [4.78, 5) is 26.6. The van der Waals surface area contributed by atoms with Crippen molar-refractivity contribution in [2.24, 2.45) is 0 Å². The second-order valence-corrected chi connectivity index (χ2v) is 5.90. The van der Waals surface area contributed by atoms with Crippen molar-refractivity contribution in [1.82, 2.24) is 15.5 Å². The third kappa shape index (κ3) is 4.41. The molecule has 0 radical (unpaired) electrons. The number of carbonyl (C=O) groups is 2. The van der Waals surface area contributed by atoms with Gasteiger partial charge in [0.25, 0.3) is 0 Å². The quantitative estimate of drug-likeness (QED) is 0.764. The van der Waals surface area contributed by atoms with Crippen LogP contribution in [-0.4, -0.2) is 61.6 Å². The maximum atomic E-state index is 12.5. The van der Waals surface area contributed by atoms with E-state index in [-0.39, 0.29) is 11.8 Å². The Labute approximate surface area is 126 Å². The van der Waals surface area contributed by atoms with Crippen molar-refractivity contribution in [1.29, 1.82) is 0 Å². The zero-order chi connectivity index (χ0) is 15.1. The fourth-order valence-electron chi connectivity index (χ4n) is 3.02. The molecular formula is C15H27N3O3. The summed E-state index contributed by atoms with van der Waals surface area (Å²) in [5.74, 6) is -0.0359. The van der Waals surface area contributed by atoms with Gasteiger partial charge in [-0.3, -0.25) is 14.5 Å². The van der Waals surface area contributed by atoms with Gasteiger partial charge in [0.2, 0.25) is 11.8 Å². The van der Waals surface area contributed by atoms with Crippen LogP contribution in [0, 0.1) is 0 Å². The van der Waals surface area contributed by atoms with Gasteiger partial charge in [0, 0.05) is 32.6 Å². The number of nitrogens with one attached hydrogen (secondary N) is 2. The Balaban J connectivity index is 1.82. The Morgan fingerprint density at radius 3 is 2.86 bits per heavy atom. The van der Waals surface area contributed by atoms with Crippen molar-refractivity contribution in [2.45, 2.75) is 44.6 Å². The van der Waals surface area contributed by atoms with Crippen LogP contribution in [0.5, 0.6) is 0 Å². The van der Waals surface area contributed by atoms with Gasteiger partial charge in [-0.25, -0.2) is 0 Å². The molecule has 6 nitrogen and oxygen atoms in total. The second kappa shape index (κ2) is 7.75. The molecule has 1 atom stereocenters. The Kier molecular flexibility index (Phi) is 5.99. The van der Waals surface area contributed by atoms with Crippen LogP contribution in [0.15, 0.2) is 0 Å². The molecule has 2 fully saturated rings. The molecule has 0 bridgehead atoms. The maximum Gasteiger partial charge on any atom is 0.245 e. The summed E-state index contributed by atoms with van der Waals surface area (Å²) < 4.78 is 5.30. The summed E-state index contributed by atoms with van der Waals surface area (Å²) in [6.07, 6.45) is 3.70. The molecular weight excluding hydrogens is 270 g/mol. The van der Waals surface area contributed by atoms with E-state index in [0.717, 1.165) is 52.1 Å². The minimum atomic E-state index is -0.710. The van der Waals surface area contributed by atoms with Crippen LogP contribution in [0.1, 0.15) is 39.0 Å². The summed E-state index contributed by atoms with van der Waals surface area (Å²) in [5.41, 5.74) is -0.710. The van der Waals surface area contributed by atoms with Crippen LogP contribution in [0.3, 0.4) is 0 Å². The van der Waals surface area contributed by atoms with E-state index in [9.17, 15) is 9.59 Å². The molecule has 2 rings (SSSR count). The molecule has 1 unspecified atom stereocenters. The van der Waals surface area contributed by atoms with Crippen molar-refractivity contribution < 1.29 is 14.3 Å². The van der Waals surface area contributed by atoms with Gasteiger partial charge in [0.15, 0.2) is 0 Å². The first-order valence-corrected chi connectivity index (χ1v) is 8.06. The van der Waals surface area contributed by atoms with Crippen molar-refractivity contribution >= 4 is 11.8 Å². The van der Waals surface area contributed by atoms with Crippen molar-refractivity contribution in [3.05, 3.63) is 0 Å². The average Bonchev–Trinajstić information content (AvgIpc) is 2.70. The lowest BCUT2D eigenvalue weighted by Crippen LogP contribution is -2.58. The normalized spacial score (nSPS) is 27.8. The molecule has 0 saturated carbocycles. The molecule has 6 heteroatoms. The Morgan fingerprint density at radius 1 is 1.38 bits per heavy atom. The van der Waals surface area contributed by atoms with Crippen molar-refractivity contribution in [3.63, 3.8) is 0 Å². The molecule has 0 aromatic heterocycles. The van der Waals surface area contributed by atoms with E-state index in [1.54, 1.807) is 0 Å². The Morgan fingerprint density at radius 2 is 2.14 bits per heavy atom. The SMILES string of the molecule is CCC1(C(=O)NCCN2CCOCC2)CCCCC(=O)N1. The fourth-order valence-corrected chi connectivity index (χ4v) is 3.02. The van der Waals surface area contributed by atoms with E-state index in [2.05, 4.69) is 15.5 Å². The van der Waals surface area contributed by atoms with E-state index < -0.39 is 5.54 Å². The second-order valence-electron chi connectivity index (χ2n) is 5.90. The van der Waals surface area contributed by atoms with Crippen LogP contribution < -0.4 is 10.6 Å². The number of morpholine rings is 1. The number of nitrogens with zero attached hydrogens (tertiary/aromatic N) is 1. The van der Waals surface area contributed by atoms with E-state index in [4.69, 9.17) is 4.74 Å². The van der Waals surface area contributed by atoms with Crippen LogP contribution in [-0.2, 0) is 14.3 Å². The highest BCUT2D eigenvalue weighted by Gasteiger charge is 2.38. The molecule has 2 aliphatic heterocycles. The highest BCUT2D eigenvalue weighted by atomic mass is 16.5. The van der Waals surface area contributed by atoms with E-state index in [1.807, 2.05) is 6.92 Å².